The van der Waals surface area contributed by atoms with E-state index in [0.29, 0.717) is 24.8 Å². The Labute approximate surface area is 129 Å². The molecule has 22 heavy (non-hydrogen) atoms. The molecule has 1 aliphatic carbocycles. The van der Waals surface area contributed by atoms with E-state index in [0.717, 1.165) is 19.3 Å². The van der Waals surface area contributed by atoms with Crippen LogP contribution in [0.4, 0.5) is 4.39 Å². The number of ketones is 1. The van der Waals surface area contributed by atoms with Gasteiger partial charge >= 0.3 is 5.97 Å². The minimum Gasteiger partial charge on any atom is -0.456 e. The minimum atomic E-state index is -0.921. The fourth-order valence-corrected chi connectivity index (χ4v) is 3.86. The van der Waals surface area contributed by atoms with Crippen molar-refractivity contribution in [3.63, 3.8) is 0 Å². The lowest BCUT2D eigenvalue weighted by Crippen LogP contribution is -2.51. The number of benzene rings is 1. The van der Waals surface area contributed by atoms with E-state index in [1.165, 1.54) is 12.1 Å². The normalized spacial score (nSPS) is 27.7. The van der Waals surface area contributed by atoms with Crippen LogP contribution in [0.5, 0.6) is 0 Å². The number of cyclic esters (lactones) is 1. The van der Waals surface area contributed by atoms with E-state index in [2.05, 4.69) is 0 Å². The first-order valence-electron chi connectivity index (χ1n) is 8.09. The molecule has 1 heterocycles. The molecule has 0 unspecified atom stereocenters. The molecule has 0 radical (unpaired) electrons. The largest absolute Gasteiger partial charge is 0.456 e. The van der Waals surface area contributed by atoms with Gasteiger partial charge in [-0.05, 0) is 37.0 Å². The Kier molecular flexibility index (Phi) is 4.02. The van der Waals surface area contributed by atoms with Crippen molar-refractivity contribution in [2.45, 2.75) is 51.6 Å². The summed E-state index contributed by atoms with van der Waals surface area (Å²) in [5.41, 5.74) is -0.226. The Morgan fingerprint density at radius 1 is 1.14 bits per heavy atom. The number of halogens is 1. The minimum absolute atomic E-state index is 0.0280. The number of hydrogen-bond acceptors (Lipinski definition) is 3. The fourth-order valence-electron chi connectivity index (χ4n) is 3.86. The molecule has 0 N–H and O–H groups in total. The molecule has 3 rings (SSSR count). The molecule has 1 spiro atoms. The maximum Gasteiger partial charge on any atom is 0.320 e. The lowest BCUT2D eigenvalue weighted by atomic mass is 9.64. The summed E-state index contributed by atoms with van der Waals surface area (Å²) in [4.78, 5) is 25.6. The Morgan fingerprint density at radius 2 is 1.77 bits per heavy atom. The van der Waals surface area contributed by atoms with Crippen molar-refractivity contribution < 1.29 is 18.7 Å². The van der Waals surface area contributed by atoms with Crippen LogP contribution in [0.3, 0.4) is 0 Å². The summed E-state index contributed by atoms with van der Waals surface area (Å²) in [5.74, 6) is -1.02. The lowest BCUT2D eigenvalue weighted by Gasteiger charge is -2.43. The fraction of sp³-hybridized carbons (Fsp3) is 0.556. The molecule has 1 saturated heterocycles. The van der Waals surface area contributed by atoms with E-state index in [-0.39, 0.29) is 23.5 Å². The van der Waals surface area contributed by atoms with Gasteiger partial charge in [0.1, 0.15) is 17.3 Å². The van der Waals surface area contributed by atoms with Gasteiger partial charge in [0.15, 0.2) is 5.78 Å². The summed E-state index contributed by atoms with van der Waals surface area (Å²) in [6, 6.07) is 5.88. The number of esters is 1. The van der Waals surface area contributed by atoms with E-state index in [4.69, 9.17) is 4.74 Å². The van der Waals surface area contributed by atoms with Gasteiger partial charge in [0.2, 0.25) is 0 Å². The summed E-state index contributed by atoms with van der Waals surface area (Å²) in [5, 5.41) is 0. The standard InChI is InChI=1S/C18H21FO3/c1-2-14-15(12-6-8-13(19)9-7-12)22-17(21)18(16(14)20)10-4-3-5-11-18/h6-9,14-15H,2-5,10-11H2,1H3/t14-,15+/m1/s1. The number of ether oxygens (including phenoxy) is 1. The van der Waals surface area contributed by atoms with E-state index < -0.39 is 11.5 Å². The maximum atomic E-state index is 13.1. The van der Waals surface area contributed by atoms with Gasteiger partial charge in [-0.25, -0.2) is 4.39 Å². The molecule has 2 aliphatic rings. The molecule has 1 aromatic rings. The molecule has 1 aromatic carbocycles. The van der Waals surface area contributed by atoms with Crippen LogP contribution in [0.15, 0.2) is 24.3 Å². The van der Waals surface area contributed by atoms with E-state index in [9.17, 15) is 14.0 Å². The number of rotatable bonds is 2. The van der Waals surface area contributed by atoms with Crippen molar-refractivity contribution in [2.24, 2.45) is 11.3 Å². The van der Waals surface area contributed by atoms with E-state index >= 15 is 0 Å². The summed E-state index contributed by atoms with van der Waals surface area (Å²) in [6.07, 6.45) is 4.13. The molecular weight excluding hydrogens is 283 g/mol. The maximum absolute atomic E-state index is 13.1. The van der Waals surface area contributed by atoms with Gasteiger partial charge < -0.3 is 4.74 Å². The third-order valence-corrected chi connectivity index (χ3v) is 5.14. The zero-order valence-electron chi connectivity index (χ0n) is 12.8. The Hall–Kier alpha value is -1.71. The highest BCUT2D eigenvalue weighted by molar-refractivity contribution is 6.07. The van der Waals surface area contributed by atoms with Crippen molar-refractivity contribution >= 4 is 11.8 Å². The van der Waals surface area contributed by atoms with E-state index in [1.54, 1.807) is 12.1 Å². The van der Waals surface area contributed by atoms with Gasteiger partial charge in [-0.2, -0.15) is 0 Å². The van der Waals surface area contributed by atoms with Crippen LogP contribution in [0.2, 0.25) is 0 Å². The molecule has 2 atom stereocenters. The summed E-state index contributed by atoms with van der Waals surface area (Å²) in [6.45, 7) is 1.94. The smallest absolute Gasteiger partial charge is 0.320 e. The van der Waals surface area contributed by atoms with Crippen LogP contribution in [0, 0.1) is 17.2 Å². The van der Waals surface area contributed by atoms with Crippen molar-refractivity contribution in [2.75, 3.05) is 0 Å². The van der Waals surface area contributed by atoms with Crippen molar-refractivity contribution in [1.29, 1.82) is 0 Å². The molecule has 1 saturated carbocycles. The molecule has 0 aromatic heterocycles. The van der Waals surface area contributed by atoms with Gasteiger partial charge in [-0.1, -0.05) is 38.3 Å². The zero-order chi connectivity index (χ0) is 15.7. The van der Waals surface area contributed by atoms with Gasteiger partial charge in [0.25, 0.3) is 0 Å². The van der Waals surface area contributed by atoms with Gasteiger partial charge in [0.05, 0.1) is 5.92 Å². The van der Waals surface area contributed by atoms with Gasteiger partial charge in [0, 0.05) is 0 Å². The first-order chi connectivity index (χ1) is 10.6. The van der Waals surface area contributed by atoms with Crippen molar-refractivity contribution in [3.8, 4) is 0 Å². The molecule has 0 amide bonds. The average Bonchev–Trinajstić information content (AvgIpc) is 2.54. The summed E-state index contributed by atoms with van der Waals surface area (Å²) >= 11 is 0. The third-order valence-electron chi connectivity index (χ3n) is 5.14. The summed E-state index contributed by atoms with van der Waals surface area (Å²) in [7, 11) is 0. The second-order valence-corrected chi connectivity index (χ2v) is 6.40. The quantitative estimate of drug-likeness (QED) is 0.613. The van der Waals surface area contributed by atoms with Crippen LogP contribution in [-0.4, -0.2) is 11.8 Å². The third kappa shape index (κ3) is 2.34. The van der Waals surface area contributed by atoms with Crippen LogP contribution in [-0.2, 0) is 14.3 Å². The zero-order valence-corrected chi connectivity index (χ0v) is 12.8. The lowest BCUT2D eigenvalue weighted by molar-refractivity contribution is -0.184. The second-order valence-electron chi connectivity index (χ2n) is 6.40. The molecule has 2 fully saturated rings. The molecule has 3 nitrogen and oxygen atoms in total. The Bertz CT molecular complexity index is 572. The predicted molar refractivity (Wildman–Crippen MR) is 79.5 cm³/mol. The monoisotopic (exact) mass is 304 g/mol. The molecule has 1 aliphatic heterocycles. The molecule has 118 valence electrons. The Morgan fingerprint density at radius 3 is 2.36 bits per heavy atom. The first-order valence-corrected chi connectivity index (χ1v) is 8.09. The second kappa shape index (κ2) is 5.82. The van der Waals surface area contributed by atoms with Crippen molar-refractivity contribution in [1.82, 2.24) is 0 Å². The molecule has 4 heteroatoms. The topological polar surface area (TPSA) is 43.4 Å². The highest BCUT2D eigenvalue weighted by Crippen LogP contribution is 2.48. The van der Waals surface area contributed by atoms with Crippen LogP contribution in [0.1, 0.15) is 57.1 Å². The highest BCUT2D eigenvalue weighted by Gasteiger charge is 2.55. The highest BCUT2D eigenvalue weighted by atomic mass is 19.1. The number of hydrogen-bond donors (Lipinski definition) is 0. The number of carbonyl (C=O) groups is 2. The first kappa shape index (κ1) is 15.2. The van der Waals surface area contributed by atoms with Crippen LogP contribution in [0.25, 0.3) is 0 Å². The molecular formula is C18H21FO3. The van der Waals surface area contributed by atoms with E-state index in [1.807, 2.05) is 6.92 Å². The van der Waals surface area contributed by atoms with Gasteiger partial charge in [-0.3, -0.25) is 9.59 Å². The number of carbonyl (C=O) groups excluding carboxylic acids is 2. The van der Waals surface area contributed by atoms with Crippen molar-refractivity contribution in [3.05, 3.63) is 35.6 Å². The Balaban J connectivity index is 1.93. The van der Waals surface area contributed by atoms with Gasteiger partial charge in [-0.15, -0.1) is 0 Å². The average molecular weight is 304 g/mol. The molecule has 0 bridgehead atoms. The van der Waals surface area contributed by atoms with Crippen LogP contribution >= 0.6 is 0 Å². The predicted octanol–water partition coefficient (Wildman–Crippen LogP) is 3.97. The SMILES string of the molecule is CC[C@H]1C(=O)C2(CCCCC2)C(=O)O[C@H]1c1ccc(F)cc1. The number of Topliss-reactive ketones (excluding diaryl/α,β-unsaturated/α-hetero) is 1. The summed E-state index contributed by atoms with van der Waals surface area (Å²) < 4.78 is 18.8. The van der Waals surface area contributed by atoms with Crippen LogP contribution < -0.4 is 0 Å².